The Morgan fingerprint density at radius 1 is 0.698 bits per heavy atom. The highest BCUT2D eigenvalue weighted by molar-refractivity contribution is 5.47. The Bertz CT molecular complexity index is 1600. The Balaban J connectivity index is 0.973. The lowest BCUT2D eigenvalue weighted by Crippen LogP contribution is -2.28. The number of aromatic nitrogens is 6. The van der Waals surface area contributed by atoms with Crippen LogP contribution in [0.1, 0.15) is 11.1 Å². The molecule has 6 rings (SSSR count). The van der Waals surface area contributed by atoms with Crippen molar-refractivity contribution in [3.8, 4) is 23.0 Å². The van der Waals surface area contributed by atoms with Crippen LogP contribution in [0.25, 0.3) is 0 Å². The SMILES string of the molecule is CN(C)c1nc(N)nc(NCCc2ccc3c(c2)OC(CNc2nc(N)nc(NCCc4ccc5c(c4)OCO5)n2)O3)n1. The third-order valence-corrected chi connectivity index (χ3v) is 6.48. The summed E-state index contributed by atoms with van der Waals surface area (Å²) in [7, 11) is 3.68. The number of nitrogens with zero attached hydrogens (tertiary/aromatic N) is 7. The second-order valence-corrected chi connectivity index (χ2v) is 9.92. The molecule has 224 valence electrons. The first kappa shape index (κ1) is 27.6. The van der Waals surface area contributed by atoms with E-state index in [2.05, 4.69) is 45.9 Å². The Kier molecular flexibility index (Phi) is 7.80. The Labute approximate surface area is 247 Å². The molecule has 16 heteroatoms. The van der Waals surface area contributed by atoms with Gasteiger partial charge in [-0.1, -0.05) is 12.1 Å². The zero-order valence-corrected chi connectivity index (χ0v) is 23.7. The third-order valence-electron chi connectivity index (χ3n) is 6.48. The lowest BCUT2D eigenvalue weighted by Gasteiger charge is -2.12. The first-order chi connectivity index (χ1) is 20.9. The summed E-state index contributed by atoms with van der Waals surface area (Å²) >= 11 is 0. The molecule has 2 aromatic heterocycles. The van der Waals surface area contributed by atoms with Gasteiger partial charge in [-0.15, -0.1) is 0 Å². The molecule has 1 unspecified atom stereocenters. The standard InChI is InChI=1S/C27H32N12O4/c1-39(2)27-36-23(29)35-25(38-27)31-10-8-16-4-6-18-20(12-16)43-21(42-18)13-32-26-34-22(28)33-24(37-26)30-9-7-15-3-5-17-19(11-15)41-14-40-17/h3-6,11-12,21H,7-10,13-14H2,1-2H3,(H3,29,31,35,36,38)(H4,28,30,32,33,34,37). The van der Waals surface area contributed by atoms with Crippen molar-refractivity contribution >= 4 is 35.7 Å². The highest BCUT2D eigenvalue weighted by Gasteiger charge is 2.24. The van der Waals surface area contributed by atoms with Gasteiger partial charge in [-0.25, -0.2) is 0 Å². The fourth-order valence-electron chi connectivity index (χ4n) is 4.41. The molecule has 16 nitrogen and oxygen atoms in total. The van der Waals surface area contributed by atoms with Gasteiger partial charge in [0.1, 0.15) is 0 Å². The fourth-order valence-corrected chi connectivity index (χ4v) is 4.41. The number of anilines is 6. The van der Waals surface area contributed by atoms with Crippen molar-refractivity contribution < 1.29 is 18.9 Å². The summed E-state index contributed by atoms with van der Waals surface area (Å²) in [5, 5.41) is 9.49. The summed E-state index contributed by atoms with van der Waals surface area (Å²) in [6.45, 7) is 1.72. The van der Waals surface area contributed by atoms with Crippen molar-refractivity contribution in [2.45, 2.75) is 19.1 Å². The van der Waals surface area contributed by atoms with Gasteiger partial charge in [-0.05, 0) is 48.2 Å². The van der Waals surface area contributed by atoms with Crippen LogP contribution in [0.4, 0.5) is 35.7 Å². The van der Waals surface area contributed by atoms with Crippen LogP contribution in [0.5, 0.6) is 23.0 Å². The average Bonchev–Trinajstić information content (AvgIpc) is 3.62. The molecule has 2 aromatic carbocycles. The Morgan fingerprint density at radius 3 is 2.00 bits per heavy atom. The number of ether oxygens (including phenoxy) is 4. The third kappa shape index (κ3) is 6.86. The molecule has 0 aliphatic carbocycles. The van der Waals surface area contributed by atoms with Crippen molar-refractivity contribution in [3.63, 3.8) is 0 Å². The number of nitrogen functional groups attached to an aromatic ring is 2. The molecular formula is C27H32N12O4. The number of nitrogens with one attached hydrogen (secondary N) is 3. The Morgan fingerprint density at radius 2 is 1.28 bits per heavy atom. The van der Waals surface area contributed by atoms with Crippen molar-refractivity contribution in [3.05, 3.63) is 47.5 Å². The highest BCUT2D eigenvalue weighted by atomic mass is 16.7. The summed E-state index contributed by atoms with van der Waals surface area (Å²) in [4.78, 5) is 27.1. The molecule has 0 bridgehead atoms. The van der Waals surface area contributed by atoms with Gasteiger partial charge in [0.15, 0.2) is 23.0 Å². The monoisotopic (exact) mass is 588 g/mol. The van der Waals surface area contributed by atoms with E-state index in [0.717, 1.165) is 29.0 Å². The fraction of sp³-hybridized carbons (Fsp3) is 0.333. The van der Waals surface area contributed by atoms with Crippen LogP contribution in [0.3, 0.4) is 0 Å². The molecule has 0 fully saturated rings. The van der Waals surface area contributed by atoms with Crippen molar-refractivity contribution in [2.24, 2.45) is 0 Å². The van der Waals surface area contributed by atoms with E-state index in [0.29, 0.717) is 61.3 Å². The summed E-state index contributed by atoms with van der Waals surface area (Å²) in [5.41, 5.74) is 13.9. The minimum atomic E-state index is -0.568. The van der Waals surface area contributed by atoms with Gasteiger partial charge in [0.2, 0.25) is 42.5 Å². The number of benzene rings is 2. The van der Waals surface area contributed by atoms with Crippen LogP contribution in [-0.4, -0.2) is 76.7 Å². The van der Waals surface area contributed by atoms with E-state index >= 15 is 0 Å². The Hall–Kier alpha value is -5.54. The quantitative estimate of drug-likeness (QED) is 0.159. The van der Waals surface area contributed by atoms with Crippen LogP contribution in [0.15, 0.2) is 36.4 Å². The summed E-state index contributed by atoms with van der Waals surface area (Å²) in [6, 6.07) is 11.7. The summed E-state index contributed by atoms with van der Waals surface area (Å²) in [6.07, 6.45) is 0.868. The molecule has 0 saturated heterocycles. The number of rotatable bonds is 12. The van der Waals surface area contributed by atoms with E-state index in [1.54, 1.807) is 4.90 Å². The molecule has 2 aliphatic rings. The predicted octanol–water partition coefficient (Wildman–Crippen LogP) is 1.53. The van der Waals surface area contributed by atoms with Gasteiger partial charge in [0.05, 0.1) is 6.54 Å². The van der Waals surface area contributed by atoms with Gasteiger partial charge >= 0.3 is 0 Å². The van der Waals surface area contributed by atoms with Gasteiger partial charge in [0.25, 0.3) is 6.29 Å². The number of nitrogens with two attached hydrogens (primary N) is 2. The maximum absolute atomic E-state index is 6.00. The van der Waals surface area contributed by atoms with Gasteiger partial charge in [-0.3, -0.25) is 0 Å². The van der Waals surface area contributed by atoms with Crippen LogP contribution in [0.2, 0.25) is 0 Å². The summed E-state index contributed by atoms with van der Waals surface area (Å²) < 4.78 is 22.7. The predicted molar refractivity (Wildman–Crippen MR) is 160 cm³/mol. The first-order valence-electron chi connectivity index (χ1n) is 13.6. The van der Waals surface area contributed by atoms with Gasteiger partial charge < -0.3 is 51.3 Å². The molecule has 7 N–H and O–H groups in total. The molecule has 0 saturated carbocycles. The minimum absolute atomic E-state index is 0.0932. The second kappa shape index (κ2) is 12.1. The van der Waals surface area contributed by atoms with Crippen molar-refractivity contribution in [1.29, 1.82) is 0 Å². The van der Waals surface area contributed by atoms with Gasteiger partial charge in [-0.2, -0.15) is 29.9 Å². The molecule has 0 amide bonds. The second-order valence-electron chi connectivity index (χ2n) is 9.92. The maximum atomic E-state index is 6.00. The normalized spacial score (nSPS) is 14.4. The molecule has 0 spiro atoms. The smallest absolute Gasteiger partial charge is 0.258 e. The first-order valence-corrected chi connectivity index (χ1v) is 13.6. The molecule has 4 heterocycles. The molecule has 43 heavy (non-hydrogen) atoms. The van der Waals surface area contributed by atoms with Crippen LogP contribution in [0, 0.1) is 0 Å². The van der Waals surface area contributed by atoms with Crippen LogP contribution < -0.4 is 51.3 Å². The molecule has 1 atom stereocenters. The maximum Gasteiger partial charge on any atom is 0.258 e. The van der Waals surface area contributed by atoms with E-state index in [4.69, 9.17) is 30.4 Å². The number of hydrogen-bond donors (Lipinski definition) is 5. The van der Waals surface area contributed by atoms with E-state index in [1.807, 2.05) is 50.5 Å². The van der Waals surface area contributed by atoms with E-state index < -0.39 is 6.29 Å². The highest BCUT2D eigenvalue weighted by Crippen LogP contribution is 2.35. The van der Waals surface area contributed by atoms with Crippen molar-refractivity contribution in [2.75, 3.05) is 72.8 Å². The zero-order chi connectivity index (χ0) is 29.8. The topological polar surface area (TPSA) is 206 Å². The molecule has 2 aliphatic heterocycles. The van der Waals surface area contributed by atoms with Gasteiger partial charge in [0, 0.05) is 27.2 Å². The lowest BCUT2D eigenvalue weighted by molar-refractivity contribution is 0.0618. The average molecular weight is 589 g/mol. The van der Waals surface area contributed by atoms with Crippen molar-refractivity contribution in [1.82, 2.24) is 29.9 Å². The van der Waals surface area contributed by atoms with Crippen LogP contribution >= 0.6 is 0 Å². The largest absolute Gasteiger partial charge is 0.454 e. The minimum Gasteiger partial charge on any atom is -0.454 e. The number of fused-ring (bicyclic) bond motifs is 2. The lowest BCUT2D eigenvalue weighted by atomic mass is 10.1. The van der Waals surface area contributed by atoms with E-state index in [-0.39, 0.29) is 18.7 Å². The molecule has 0 radical (unpaired) electrons. The zero-order valence-electron chi connectivity index (χ0n) is 23.7. The summed E-state index contributed by atoms with van der Waals surface area (Å²) in [5.74, 6) is 4.66. The van der Waals surface area contributed by atoms with E-state index in [1.165, 1.54) is 0 Å². The van der Waals surface area contributed by atoms with Crippen LogP contribution in [-0.2, 0) is 12.8 Å². The molecule has 4 aromatic rings. The molecular weight excluding hydrogens is 556 g/mol. The number of hydrogen-bond acceptors (Lipinski definition) is 16. The van der Waals surface area contributed by atoms with E-state index in [9.17, 15) is 0 Å².